The maximum Gasteiger partial charge on any atom is 0.233 e. The standard InChI is InChI=1S/C13H16ClN5O/c1-4-20-10-7-5-9(6-8-10)15-12-16-11(14)17-13(18-12)19(2)3/h5-8H,4H2,1-3H3,(H,15,16,17,18). The van der Waals surface area contributed by atoms with Crippen LogP contribution in [0.4, 0.5) is 17.6 Å². The quantitative estimate of drug-likeness (QED) is 0.914. The minimum atomic E-state index is 0.150. The lowest BCUT2D eigenvalue weighted by atomic mass is 10.3. The Labute approximate surface area is 122 Å². The van der Waals surface area contributed by atoms with Crippen LogP contribution in [0.5, 0.6) is 5.75 Å². The molecule has 106 valence electrons. The van der Waals surface area contributed by atoms with Gasteiger partial charge < -0.3 is 15.0 Å². The molecule has 0 unspecified atom stereocenters. The largest absolute Gasteiger partial charge is 0.494 e. The van der Waals surface area contributed by atoms with E-state index in [1.54, 1.807) is 4.90 Å². The number of nitrogens with one attached hydrogen (secondary N) is 1. The lowest BCUT2D eigenvalue weighted by Gasteiger charge is -2.12. The molecule has 0 bridgehead atoms. The molecule has 0 saturated carbocycles. The Hall–Kier alpha value is -2.08. The molecular weight excluding hydrogens is 278 g/mol. The van der Waals surface area contributed by atoms with E-state index in [-0.39, 0.29) is 5.28 Å². The van der Waals surface area contributed by atoms with Gasteiger partial charge in [-0.2, -0.15) is 15.0 Å². The molecule has 0 atom stereocenters. The second kappa shape index (κ2) is 6.38. The molecule has 1 aromatic heterocycles. The van der Waals surface area contributed by atoms with Crippen LogP contribution in [-0.2, 0) is 0 Å². The summed E-state index contributed by atoms with van der Waals surface area (Å²) in [7, 11) is 3.68. The van der Waals surface area contributed by atoms with Crippen LogP contribution in [0.1, 0.15) is 6.92 Å². The predicted molar refractivity (Wildman–Crippen MR) is 80.1 cm³/mol. The third kappa shape index (κ3) is 3.71. The highest BCUT2D eigenvalue weighted by Gasteiger charge is 2.07. The van der Waals surface area contributed by atoms with Gasteiger partial charge in [0.2, 0.25) is 17.2 Å². The summed E-state index contributed by atoms with van der Waals surface area (Å²) in [6.07, 6.45) is 0. The summed E-state index contributed by atoms with van der Waals surface area (Å²) >= 11 is 5.88. The van der Waals surface area contributed by atoms with Crippen LogP contribution in [0.15, 0.2) is 24.3 Å². The highest BCUT2D eigenvalue weighted by atomic mass is 35.5. The van der Waals surface area contributed by atoms with Crippen LogP contribution >= 0.6 is 11.6 Å². The van der Waals surface area contributed by atoms with Crippen molar-refractivity contribution in [1.29, 1.82) is 0 Å². The zero-order valence-corrected chi connectivity index (χ0v) is 12.3. The number of benzene rings is 1. The van der Waals surface area contributed by atoms with Gasteiger partial charge in [0.15, 0.2) is 0 Å². The zero-order valence-electron chi connectivity index (χ0n) is 11.6. The summed E-state index contributed by atoms with van der Waals surface area (Å²) in [5.41, 5.74) is 0.848. The van der Waals surface area contributed by atoms with Crippen molar-refractivity contribution in [2.75, 3.05) is 30.9 Å². The van der Waals surface area contributed by atoms with Gasteiger partial charge >= 0.3 is 0 Å². The minimum Gasteiger partial charge on any atom is -0.494 e. The number of halogens is 1. The Morgan fingerprint density at radius 1 is 1.15 bits per heavy atom. The molecule has 2 rings (SSSR count). The van der Waals surface area contributed by atoms with Gasteiger partial charge in [-0.05, 0) is 42.8 Å². The third-order valence-electron chi connectivity index (χ3n) is 2.42. The summed E-state index contributed by atoms with van der Waals surface area (Å²) in [4.78, 5) is 14.1. The van der Waals surface area contributed by atoms with E-state index in [0.29, 0.717) is 18.5 Å². The molecule has 7 heteroatoms. The number of nitrogens with zero attached hydrogens (tertiary/aromatic N) is 4. The van der Waals surface area contributed by atoms with Gasteiger partial charge in [0.05, 0.1) is 6.61 Å². The third-order valence-corrected chi connectivity index (χ3v) is 2.59. The second-order valence-corrected chi connectivity index (χ2v) is 4.54. The molecule has 0 saturated heterocycles. The highest BCUT2D eigenvalue weighted by molar-refractivity contribution is 6.28. The fourth-order valence-corrected chi connectivity index (χ4v) is 1.68. The van der Waals surface area contributed by atoms with E-state index in [1.807, 2.05) is 45.3 Å². The fourth-order valence-electron chi connectivity index (χ4n) is 1.53. The van der Waals surface area contributed by atoms with E-state index in [1.165, 1.54) is 0 Å². The van der Waals surface area contributed by atoms with Crippen LogP contribution in [0, 0.1) is 0 Å². The van der Waals surface area contributed by atoms with E-state index in [0.717, 1.165) is 11.4 Å². The molecule has 0 fully saturated rings. The number of hydrogen-bond donors (Lipinski definition) is 1. The first-order chi connectivity index (χ1) is 9.58. The van der Waals surface area contributed by atoms with Gasteiger partial charge in [-0.25, -0.2) is 0 Å². The van der Waals surface area contributed by atoms with Crippen molar-refractivity contribution < 1.29 is 4.74 Å². The topological polar surface area (TPSA) is 63.2 Å². The Balaban J connectivity index is 2.16. The van der Waals surface area contributed by atoms with Crippen LogP contribution in [0.2, 0.25) is 5.28 Å². The zero-order chi connectivity index (χ0) is 14.5. The van der Waals surface area contributed by atoms with E-state index in [2.05, 4.69) is 20.3 Å². The number of hydrogen-bond acceptors (Lipinski definition) is 6. The highest BCUT2D eigenvalue weighted by Crippen LogP contribution is 2.19. The van der Waals surface area contributed by atoms with E-state index in [9.17, 15) is 0 Å². The fraction of sp³-hybridized carbons (Fsp3) is 0.308. The molecule has 0 aliphatic carbocycles. The summed E-state index contributed by atoms with van der Waals surface area (Å²) in [6, 6.07) is 7.53. The maximum absolute atomic E-state index is 5.88. The average Bonchev–Trinajstić information content (AvgIpc) is 2.40. The smallest absolute Gasteiger partial charge is 0.233 e. The number of ether oxygens (including phenoxy) is 1. The number of rotatable bonds is 5. The molecule has 0 aliphatic rings. The number of anilines is 3. The van der Waals surface area contributed by atoms with E-state index < -0.39 is 0 Å². The van der Waals surface area contributed by atoms with Gasteiger partial charge in [0, 0.05) is 19.8 Å². The summed E-state index contributed by atoms with van der Waals surface area (Å²) < 4.78 is 5.38. The van der Waals surface area contributed by atoms with E-state index in [4.69, 9.17) is 16.3 Å². The van der Waals surface area contributed by atoms with Crippen molar-refractivity contribution in [3.8, 4) is 5.75 Å². The molecular formula is C13H16ClN5O. The first-order valence-corrected chi connectivity index (χ1v) is 6.55. The molecule has 0 amide bonds. The number of aromatic nitrogens is 3. The normalized spacial score (nSPS) is 10.2. The molecule has 20 heavy (non-hydrogen) atoms. The molecule has 1 heterocycles. The molecule has 0 spiro atoms. The first-order valence-electron chi connectivity index (χ1n) is 6.17. The molecule has 6 nitrogen and oxygen atoms in total. The monoisotopic (exact) mass is 293 g/mol. The summed E-state index contributed by atoms with van der Waals surface area (Å²) in [6.45, 7) is 2.59. The van der Waals surface area contributed by atoms with Gasteiger partial charge in [0.1, 0.15) is 5.75 Å². The second-order valence-electron chi connectivity index (χ2n) is 4.20. The van der Waals surface area contributed by atoms with Gasteiger partial charge in [-0.15, -0.1) is 0 Å². The molecule has 2 aromatic rings. The van der Waals surface area contributed by atoms with Crippen molar-refractivity contribution in [2.45, 2.75) is 6.92 Å². The van der Waals surface area contributed by atoms with Crippen molar-refractivity contribution in [3.63, 3.8) is 0 Å². The SMILES string of the molecule is CCOc1ccc(Nc2nc(Cl)nc(N(C)C)n2)cc1. The lowest BCUT2D eigenvalue weighted by molar-refractivity contribution is 0.340. The van der Waals surface area contributed by atoms with Gasteiger partial charge in [-0.3, -0.25) is 0 Å². The van der Waals surface area contributed by atoms with Crippen molar-refractivity contribution in [1.82, 2.24) is 15.0 Å². The Bertz CT molecular complexity index is 573. The van der Waals surface area contributed by atoms with Crippen LogP contribution < -0.4 is 15.0 Å². The first kappa shape index (κ1) is 14.3. The lowest BCUT2D eigenvalue weighted by Crippen LogP contribution is -2.14. The molecule has 0 radical (unpaired) electrons. The van der Waals surface area contributed by atoms with E-state index >= 15 is 0 Å². The van der Waals surface area contributed by atoms with Crippen molar-refractivity contribution >= 4 is 29.2 Å². The minimum absolute atomic E-state index is 0.150. The Morgan fingerprint density at radius 3 is 2.45 bits per heavy atom. The summed E-state index contributed by atoms with van der Waals surface area (Å²) in [5, 5.41) is 3.23. The Morgan fingerprint density at radius 2 is 1.85 bits per heavy atom. The van der Waals surface area contributed by atoms with Crippen molar-refractivity contribution in [2.24, 2.45) is 0 Å². The average molecular weight is 294 g/mol. The van der Waals surface area contributed by atoms with Gasteiger partial charge in [0.25, 0.3) is 0 Å². The van der Waals surface area contributed by atoms with Crippen LogP contribution in [0.3, 0.4) is 0 Å². The summed E-state index contributed by atoms with van der Waals surface area (Å²) in [5.74, 6) is 1.72. The van der Waals surface area contributed by atoms with Crippen LogP contribution in [0.25, 0.3) is 0 Å². The van der Waals surface area contributed by atoms with Crippen LogP contribution in [-0.4, -0.2) is 35.7 Å². The predicted octanol–water partition coefficient (Wildman–Crippen LogP) is 2.73. The van der Waals surface area contributed by atoms with Gasteiger partial charge in [-0.1, -0.05) is 0 Å². The molecule has 1 aromatic carbocycles. The van der Waals surface area contributed by atoms with Crippen molar-refractivity contribution in [3.05, 3.63) is 29.5 Å². The molecule has 1 N–H and O–H groups in total. The maximum atomic E-state index is 5.88. The molecule has 0 aliphatic heterocycles. The Kier molecular flexibility index (Phi) is 4.57.